The Morgan fingerprint density at radius 1 is 1.12 bits per heavy atom. The predicted molar refractivity (Wildman–Crippen MR) is 124 cm³/mol. The number of fused-ring (bicyclic) bond motifs is 1. The standard InChI is InChI=1S/C24H31N3O5S/c1-16-5-10-20(32-16)15-25-24(29)18-8-6-17(7-9-18)14-26-33(30,31)21-11-12-22-19(13-21)3-2-4-23(28)27-22/h5,10-13,17-18,26H,2-4,6-9,14-15H2,1H3,(H,25,29)(H,27,28). The number of benzene rings is 1. The second-order valence-electron chi connectivity index (χ2n) is 9.02. The highest BCUT2D eigenvalue weighted by atomic mass is 32.2. The third-order valence-corrected chi connectivity index (χ3v) is 7.94. The number of anilines is 1. The van der Waals surface area contributed by atoms with Crippen LogP contribution in [0.1, 0.15) is 55.6 Å². The Bertz CT molecular complexity index is 1120. The number of hydrogen-bond donors (Lipinski definition) is 3. The average Bonchev–Trinajstić information content (AvgIpc) is 3.12. The quantitative estimate of drug-likeness (QED) is 0.571. The minimum atomic E-state index is -3.64. The molecule has 0 radical (unpaired) electrons. The van der Waals surface area contributed by atoms with Crippen molar-refractivity contribution in [3.63, 3.8) is 0 Å². The lowest BCUT2D eigenvalue weighted by Crippen LogP contribution is -2.36. The summed E-state index contributed by atoms with van der Waals surface area (Å²) >= 11 is 0. The van der Waals surface area contributed by atoms with E-state index in [2.05, 4.69) is 15.4 Å². The van der Waals surface area contributed by atoms with E-state index in [0.717, 1.165) is 42.8 Å². The number of amides is 2. The van der Waals surface area contributed by atoms with Crippen LogP contribution in [0.25, 0.3) is 0 Å². The molecule has 1 aliphatic carbocycles. The molecule has 0 unspecified atom stereocenters. The van der Waals surface area contributed by atoms with E-state index in [1.54, 1.807) is 12.1 Å². The van der Waals surface area contributed by atoms with Crippen molar-refractivity contribution in [1.82, 2.24) is 10.0 Å². The zero-order valence-corrected chi connectivity index (χ0v) is 19.7. The van der Waals surface area contributed by atoms with Gasteiger partial charge in [-0.3, -0.25) is 9.59 Å². The molecule has 0 spiro atoms. The fraction of sp³-hybridized carbons (Fsp3) is 0.500. The van der Waals surface area contributed by atoms with Gasteiger partial charge in [-0.05, 0) is 87.3 Å². The van der Waals surface area contributed by atoms with Crippen molar-refractivity contribution in [1.29, 1.82) is 0 Å². The van der Waals surface area contributed by atoms with Crippen LogP contribution >= 0.6 is 0 Å². The monoisotopic (exact) mass is 473 g/mol. The maximum absolute atomic E-state index is 12.8. The van der Waals surface area contributed by atoms with E-state index < -0.39 is 10.0 Å². The van der Waals surface area contributed by atoms with Gasteiger partial charge in [0, 0.05) is 24.6 Å². The van der Waals surface area contributed by atoms with Gasteiger partial charge in [-0.2, -0.15) is 0 Å². The number of furan rings is 1. The molecule has 1 aromatic heterocycles. The van der Waals surface area contributed by atoms with Gasteiger partial charge >= 0.3 is 0 Å². The van der Waals surface area contributed by atoms with Crippen LogP contribution in [0.5, 0.6) is 0 Å². The van der Waals surface area contributed by atoms with Crippen LogP contribution < -0.4 is 15.4 Å². The second-order valence-corrected chi connectivity index (χ2v) is 10.8. The number of carbonyl (C=O) groups excluding carboxylic acids is 2. The first-order chi connectivity index (χ1) is 15.8. The average molecular weight is 474 g/mol. The van der Waals surface area contributed by atoms with Gasteiger partial charge in [0.25, 0.3) is 0 Å². The summed E-state index contributed by atoms with van der Waals surface area (Å²) in [5, 5.41) is 5.76. The van der Waals surface area contributed by atoms with Crippen LogP contribution in [0.15, 0.2) is 39.6 Å². The lowest BCUT2D eigenvalue weighted by Gasteiger charge is -2.27. The van der Waals surface area contributed by atoms with E-state index in [9.17, 15) is 18.0 Å². The summed E-state index contributed by atoms with van der Waals surface area (Å²) < 4.78 is 33.9. The molecule has 2 heterocycles. The van der Waals surface area contributed by atoms with Crippen LogP contribution in [-0.4, -0.2) is 26.8 Å². The largest absolute Gasteiger partial charge is 0.465 e. The number of hydrogen-bond acceptors (Lipinski definition) is 5. The summed E-state index contributed by atoms with van der Waals surface area (Å²) in [6, 6.07) is 8.59. The van der Waals surface area contributed by atoms with Gasteiger partial charge in [-0.25, -0.2) is 13.1 Å². The predicted octanol–water partition coefficient (Wildman–Crippen LogP) is 3.26. The molecule has 178 valence electrons. The number of aryl methyl sites for hydroxylation is 2. The van der Waals surface area contributed by atoms with E-state index in [1.807, 2.05) is 19.1 Å². The summed E-state index contributed by atoms with van der Waals surface area (Å²) in [6.45, 7) is 2.61. The van der Waals surface area contributed by atoms with Crippen LogP contribution in [0.3, 0.4) is 0 Å². The molecule has 1 aliphatic heterocycles. The molecule has 9 heteroatoms. The Morgan fingerprint density at radius 2 is 1.91 bits per heavy atom. The first kappa shape index (κ1) is 23.5. The molecule has 0 atom stereocenters. The SMILES string of the molecule is Cc1ccc(CNC(=O)C2CCC(CNS(=O)(=O)c3ccc4c(c3)CCCC(=O)N4)CC2)o1. The van der Waals surface area contributed by atoms with Crippen molar-refractivity contribution in [2.75, 3.05) is 11.9 Å². The summed E-state index contributed by atoms with van der Waals surface area (Å²) in [7, 11) is -3.64. The van der Waals surface area contributed by atoms with Crippen molar-refractivity contribution in [2.45, 2.75) is 63.3 Å². The smallest absolute Gasteiger partial charge is 0.240 e. The first-order valence-electron chi connectivity index (χ1n) is 11.6. The van der Waals surface area contributed by atoms with Crippen LogP contribution in [-0.2, 0) is 32.6 Å². The Labute approximate surface area is 194 Å². The van der Waals surface area contributed by atoms with Gasteiger partial charge in [0.2, 0.25) is 21.8 Å². The first-order valence-corrected chi connectivity index (χ1v) is 13.0. The molecule has 2 aromatic rings. The molecule has 2 aliphatic rings. The highest BCUT2D eigenvalue weighted by molar-refractivity contribution is 7.89. The van der Waals surface area contributed by atoms with E-state index >= 15 is 0 Å². The fourth-order valence-corrected chi connectivity index (χ4v) is 5.72. The Balaban J connectivity index is 1.25. The summed E-state index contributed by atoms with van der Waals surface area (Å²) in [6.07, 6.45) is 4.91. The Kier molecular flexibility index (Phi) is 7.19. The Hall–Kier alpha value is -2.65. The summed E-state index contributed by atoms with van der Waals surface area (Å²) in [4.78, 5) is 24.4. The van der Waals surface area contributed by atoms with Crippen LogP contribution in [0, 0.1) is 18.8 Å². The van der Waals surface area contributed by atoms with Crippen molar-refractivity contribution in [2.24, 2.45) is 11.8 Å². The lowest BCUT2D eigenvalue weighted by molar-refractivity contribution is -0.126. The molecule has 8 nitrogen and oxygen atoms in total. The maximum Gasteiger partial charge on any atom is 0.240 e. The van der Waals surface area contributed by atoms with Crippen molar-refractivity contribution < 1.29 is 22.4 Å². The van der Waals surface area contributed by atoms with Gasteiger partial charge in [0.05, 0.1) is 11.4 Å². The van der Waals surface area contributed by atoms with Crippen LogP contribution in [0.4, 0.5) is 5.69 Å². The second kappa shape index (κ2) is 10.1. The maximum atomic E-state index is 12.8. The molecule has 1 aromatic carbocycles. The third-order valence-electron chi connectivity index (χ3n) is 6.52. The summed E-state index contributed by atoms with van der Waals surface area (Å²) in [5.74, 6) is 1.71. The lowest BCUT2D eigenvalue weighted by atomic mass is 9.81. The minimum Gasteiger partial charge on any atom is -0.465 e. The van der Waals surface area contributed by atoms with Gasteiger partial charge in [0.1, 0.15) is 11.5 Å². The van der Waals surface area contributed by atoms with E-state index in [1.165, 1.54) is 6.07 Å². The van der Waals surface area contributed by atoms with Gasteiger partial charge in [-0.15, -0.1) is 0 Å². The molecule has 1 saturated carbocycles. The minimum absolute atomic E-state index is 0.0279. The highest BCUT2D eigenvalue weighted by Gasteiger charge is 2.27. The molecule has 33 heavy (non-hydrogen) atoms. The zero-order chi connectivity index (χ0) is 23.4. The molecule has 2 amide bonds. The third kappa shape index (κ3) is 6.03. The zero-order valence-electron chi connectivity index (χ0n) is 18.9. The van der Waals surface area contributed by atoms with E-state index in [4.69, 9.17) is 4.42 Å². The molecule has 0 saturated heterocycles. The molecule has 3 N–H and O–H groups in total. The number of sulfonamides is 1. The highest BCUT2D eigenvalue weighted by Crippen LogP contribution is 2.29. The van der Waals surface area contributed by atoms with Crippen molar-refractivity contribution >= 4 is 27.5 Å². The molecule has 0 bridgehead atoms. The number of rotatable bonds is 7. The number of carbonyl (C=O) groups is 2. The van der Waals surface area contributed by atoms with E-state index in [-0.39, 0.29) is 28.5 Å². The van der Waals surface area contributed by atoms with Crippen molar-refractivity contribution in [3.05, 3.63) is 47.4 Å². The van der Waals surface area contributed by atoms with Crippen LogP contribution in [0.2, 0.25) is 0 Å². The summed E-state index contributed by atoms with van der Waals surface area (Å²) in [5.41, 5.74) is 1.54. The molecular weight excluding hydrogens is 442 g/mol. The van der Waals surface area contributed by atoms with Crippen molar-refractivity contribution in [3.8, 4) is 0 Å². The topological polar surface area (TPSA) is 118 Å². The van der Waals surface area contributed by atoms with E-state index in [0.29, 0.717) is 38.0 Å². The fourth-order valence-electron chi connectivity index (χ4n) is 4.56. The van der Waals surface area contributed by atoms with Gasteiger partial charge < -0.3 is 15.1 Å². The van der Waals surface area contributed by atoms with Gasteiger partial charge in [0.15, 0.2) is 0 Å². The normalized spacial score (nSPS) is 21.1. The number of nitrogens with one attached hydrogen (secondary N) is 3. The molecule has 1 fully saturated rings. The molecule has 4 rings (SSSR count). The molecular formula is C24H31N3O5S. The Morgan fingerprint density at radius 3 is 2.64 bits per heavy atom. The van der Waals surface area contributed by atoms with Gasteiger partial charge in [-0.1, -0.05) is 0 Å².